The van der Waals surface area contributed by atoms with Crippen molar-refractivity contribution in [1.29, 1.82) is 0 Å². The van der Waals surface area contributed by atoms with Crippen molar-refractivity contribution in [2.45, 2.75) is 38.5 Å². The van der Waals surface area contributed by atoms with E-state index in [1.807, 2.05) is 0 Å². The predicted molar refractivity (Wildman–Crippen MR) is 83.0 cm³/mol. The Labute approximate surface area is 138 Å². The molecule has 2 rings (SSSR count). The number of benzene rings is 1. The van der Waals surface area contributed by atoms with Crippen LogP contribution in [0.5, 0.6) is 0 Å². The highest BCUT2D eigenvalue weighted by Crippen LogP contribution is 2.17. The van der Waals surface area contributed by atoms with Gasteiger partial charge < -0.3 is 20.6 Å². The van der Waals surface area contributed by atoms with Gasteiger partial charge in [0.2, 0.25) is 5.91 Å². The molecule has 1 heterocycles. The minimum absolute atomic E-state index is 0.0262. The molecule has 1 aliphatic heterocycles. The van der Waals surface area contributed by atoms with Crippen LogP contribution in [0.2, 0.25) is 0 Å². The van der Waals surface area contributed by atoms with E-state index in [1.165, 1.54) is 17.9 Å². The molecule has 6 nitrogen and oxygen atoms in total. The van der Waals surface area contributed by atoms with Crippen molar-refractivity contribution in [2.24, 2.45) is 0 Å². The van der Waals surface area contributed by atoms with Crippen LogP contribution in [0, 0.1) is 11.6 Å². The van der Waals surface area contributed by atoms with Gasteiger partial charge in [-0.05, 0) is 25.8 Å². The average Bonchev–Trinajstić information content (AvgIpc) is 2.51. The smallest absolute Gasteiger partial charge is 0.315 e. The topological polar surface area (TPSA) is 81.7 Å². The normalized spacial score (nSPS) is 19.1. The van der Waals surface area contributed by atoms with E-state index < -0.39 is 29.8 Å². The minimum Gasteiger partial charge on any atom is -0.392 e. The van der Waals surface area contributed by atoms with Crippen molar-refractivity contribution in [1.82, 2.24) is 15.5 Å². The highest BCUT2D eigenvalue weighted by atomic mass is 19.1. The van der Waals surface area contributed by atoms with Gasteiger partial charge in [-0.3, -0.25) is 4.79 Å². The van der Waals surface area contributed by atoms with Gasteiger partial charge in [-0.2, -0.15) is 0 Å². The van der Waals surface area contributed by atoms with Gasteiger partial charge >= 0.3 is 6.03 Å². The number of hydrogen-bond donors (Lipinski definition) is 3. The van der Waals surface area contributed by atoms with Crippen LogP contribution in [0.3, 0.4) is 0 Å². The van der Waals surface area contributed by atoms with Crippen molar-refractivity contribution in [3.05, 3.63) is 35.4 Å². The van der Waals surface area contributed by atoms with E-state index in [0.29, 0.717) is 19.4 Å². The molecule has 0 aromatic heterocycles. The maximum Gasteiger partial charge on any atom is 0.315 e. The number of carbonyl (C=O) groups excluding carboxylic acids is 2. The van der Waals surface area contributed by atoms with Crippen LogP contribution in [0.25, 0.3) is 0 Å². The number of rotatable bonds is 5. The minimum atomic E-state index is -0.701. The molecule has 0 saturated carbocycles. The first-order valence-electron chi connectivity index (χ1n) is 7.82. The summed E-state index contributed by atoms with van der Waals surface area (Å²) >= 11 is 0. The third-order valence-electron chi connectivity index (χ3n) is 3.77. The summed E-state index contributed by atoms with van der Waals surface area (Å²) in [5.74, 6) is -1.68. The van der Waals surface area contributed by atoms with Gasteiger partial charge in [0.25, 0.3) is 0 Å². The molecule has 3 N–H and O–H groups in total. The van der Waals surface area contributed by atoms with E-state index in [-0.39, 0.29) is 24.6 Å². The number of nitrogens with zero attached hydrogens (tertiary/aromatic N) is 1. The molecule has 2 atom stereocenters. The molecule has 1 saturated heterocycles. The highest BCUT2D eigenvalue weighted by Gasteiger charge is 2.30. The Morgan fingerprint density at radius 2 is 2.21 bits per heavy atom. The van der Waals surface area contributed by atoms with Gasteiger partial charge in [0.1, 0.15) is 17.7 Å². The molecule has 1 fully saturated rings. The quantitative estimate of drug-likeness (QED) is 0.751. The SMILES string of the molecule is C[C@@H](O)CNC(=O)N[C@H]1CCCN(Cc2ccc(F)cc2F)C1=O. The molecule has 1 aromatic rings. The second-order valence-electron chi connectivity index (χ2n) is 5.89. The Morgan fingerprint density at radius 1 is 1.46 bits per heavy atom. The van der Waals surface area contributed by atoms with Gasteiger partial charge in [0.15, 0.2) is 0 Å². The van der Waals surface area contributed by atoms with E-state index in [2.05, 4.69) is 10.6 Å². The van der Waals surface area contributed by atoms with Gasteiger partial charge in [-0.1, -0.05) is 6.07 Å². The van der Waals surface area contributed by atoms with E-state index in [4.69, 9.17) is 5.11 Å². The number of carbonyl (C=O) groups is 2. The number of amides is 3. The predicted octanol–water partition coefficient (Wildman–Crippen LogP) is 1.14. The summed E-state index contributed by atoms with van der Waals surface area (Å²) in [7, 11) is 0. The van der Waals surface area contributed by atoms with Gasteiger partial charge in [-0.15, -0.1) is 0 Å². The van der Waals surface area contributed by atoms with Gasteiger partial charge in [0, 0.05) is 31.3 Å². The fraction of sp³-hybridized carbons (Fsp3) is 0.500. The first kappa shape index (κ1) is 18.1. The molecule has 1 aromatic carbocycles. The van der Waals surface area contributed by atoms with Crippen LogP contribution in [-0.4, -0.2) is 47.2 Å². The second kappa shape index (κ2) is 8.05. The number of piperidine rings is 1. The van der Waals surface area contributed by atoms with E-state index in [1.54, 1.807) is 0 Å². The lowest BCUT2D eigenvalue weighted by atomic mass is 10.0. The zero-order valence-corrected chi connectivity index (χ0v) is 13.4. The maximum atomic E-state index is 13.7. The largest absolute Gasteiger partial charge is 0.392 e. The van der Waals surface area contributed by atoms with Gasteiger partial charge in [0.05, 0.1) is 6.10 Å². The lowest BCUT2D eigenvalue weighted by molar-refractivity contribution is -0.136. The molecule has 3 amide bonds. The summed E-state index contributed by atoms with van der Waals surface area (Å²) < 4.78 is 26.7. The molecular weight excluding hydrogens is 320 g/mol. The third-order valence-corrected chi connectivity index (χ3v) is 3.77. The summed E-state index contributed by atoms with van der Waals surface area (Å²) in [6.07, 6.45) is 0.468. The van der Waals surface area contributed by atoms with Crippen LogP contribution in [0.4, 0.5) is 13.6 Å². The van der Waals surface area contributed by atoms with Crippen molar-refractivity contribution in [3.63, 3.8) is 0 Å². The van der Waals surface area contributed by atoms with Crippen LogP contribution in [0.15, 0.2) is 18.2 Å². The number of halogens is 2. The summed E-state index contributed by atoms with van der Waals surface area (Å²) in [6.45, 7) is 2.09. The van der Waals surface area contributed by atoms with E-state index >= 15 is 0 Å². The monoisotopic (exact) mass is 341 g/mol. The Hall–Kier alpha value is -2.22. The summed E-state index contributed by atoms with van der Waals surface area (Å²) in [4.78, 5) is 25.6. The Balaban J connectivity index is 1.95. The third kappa shape index (κ3) is 4.89. The summed E-state index contributed by atoms with van der Waals surface area (Å²) in [5, 5.41) is 14.1. The Morgan fingerprint density at radius 3 is 2.88 bits per heavy atom. The molecule has 24 heavy (non-hydrogen) atoms. The number of likely N-dealkylation sites (tertiary alicyclic amines) is 1. The van der Waals surface area contributed by atoms with Crippen molar-refractivity contribution >= 4 is 11.9 Å². The van der Waals surface area contributed by atoms with E-state index in [9.17, 15) is 18.4 Å². The van der Waals surface area contributed by atoms with Crippen LogP contribution in [-0.2, 0) is 11.3 Å². The molecule has 132 valence electrons. The molecule has 0 aliphatic carbocycles. The first-order chi connectivity index (χ1) is 11.4. The standard InChI is InChI=1S/C16H21F2N3O3/c1-10(22)8-19-16(24)20-14-3-2-6-21(15(14)23)9-11-4-5-12(17)7-13(11)18/h4-5,7,10,14,22H,2-3,6,8-9H2,1H3,(H2,19,20,24)/t10-,14+/m1/s1. The number of urea groups is 1. The molecule has 1 aliphatic rings. The number of aliphatic hydroxyl groups excluding tert-OH is 1. The van der Waals surface area contributed by atoms with Crippen LogP contribution < -0.4 is 10.6 Å². The van der Waals surface area contributed by atoms with Crippen LogP contribution >= 0.6 is 0 Å². The molecule has 0 unspecified atom stereocenters. The number of aliphatic hydroxyl groups is 1. The van der Waals surface area contributed by atoms with E-state index in [0.717, 1.165) is 12.1 Å². The Bertz CT molecular complexity index is 610. The number of hydrogen-bond acceptors (Lipinski definition) is 3. The van der Waals surface area contributed by atoms with Crippen molar-refractivity contribution in [2.75, 3.05) is 13.1 Å². The zero-order valence-electron chi connectivity index (χ0n) is 13.4. The molecular formula is C16H21F2N3O3. The van der Waals surface area contributed by atoms with Crippen LogP contribution in [0.1, 0.15) is 25.3 Å². The van der Waals surface area contributed by atoms with Crippen molar-refractivity contribution in [3.8, 4) is 0 Å². The maximum absolute atomic E-state index is 13.7. The first-order valence-corrected chi connectivity index (χ1v) is 7.82. The fourth-order valence-corrected chi connectivity index (χ4v) is 2.54. The fourth-order valence-electron chi connectivity index (χ4n) is 2.54. The van der Waals surface area contributed by atoms with Gasteiger partial charge in [-0.25, -0.2) is 13.6 Å². The lowest BCUT2D eigenvalue weighted by Gasteiger charge is -2.32. The highest BCUT2D eigenvalue weighted by molar-refractivity contribution is 5.87. The van der Waals surface area contributed by atoms with Crippen molar-refractivity contribution < 1.29 is 23.5 Å². The average molecular weight is 341 g/mol. The molecule has 8 heteroatoms. The zero-order chi connectivity index (χ0) is 17.7. The molecule has 0 spiro atoms. The molecule has 0 bridgehead atoms. The summed E-state index contributed by atoms with van der Waals surface area (Å²) in [5.41, 5.74) is 0.226. The lowest BCUT2D eigenvalue weighted by Crippen LogP contribution is -2.54. The molecule has 0 radical (unpaired) electrons. The summed E-state index contributed by atoms with van der Waals surface area (Å²) in [6, 6.07) is 2.00. The Kier molecular flexibility index (Phi) is 6.08. The second-order valence-corrected chi connectivity index (χ2v) is 5.89. The number of nitrogens with one attached hydrogen (secondary N) is 2.